The van der Waals surface area contributed by atoms with Gasteiger partial charge in [0, 0.05) is 30.8 Å². The number of hydrogen-bond acceptors (Lipinski definition) is 4. The number of nitrogens with zero attached hydrogens (tertiary/aromatic N) is 1. The Labute approximate surface area is 116 Å². The van der Waals surface area contributed by atoms with E-state index in [9.17, 15) is 8.76 Å². The van der Waals surface area contributed by atoms with Crippen molar-refractivity contribution in [1.82, 2.24) is 0 Å². The van der Waals surface area contributed by atoms with Crippen LogP contribution in [-0.2, 0) is 15.8 Å². The summed E-state index contributed by atoms with van der Waals surface area (Å²) in [5.74, 6) is 0. The van der Waals surface area contributed by atoms with Gasteiger partial charge in [-0.2, -0.15) is 0 Å². The van der Waals surface area contributed by atoms with E-state index in [-0.39, 0.29) is 25.0 Å². The minimum Gasteiger partial charge on any atom is -0.768 e. The fourth-order valence-corrected chi connectivity index (χ4v) is 2.35. The van der Waals surface area contributed by atoms with Gasteiger partial charge in [0.1, 0.15) is 0 Å². The van der Waals surface area contributed by atoms with Crippen LogP contribution < -0.4 is 23.8 Å². The van der Waals surface area contributed by atoms with Gasteiger partial charge in [-0.15, -0.1) is 0 Å². The molecule has 0 amide bonds. The van der Waals surface area contributed by atoms with Crippen LogP contribution in [0, 0.1) is 0 Å². The van der Waals surface area contributed by atoms with E-state index in [1.807, 2.05) is 6.07 Å². The quantitative estimate of drug-likeness (QED) is 0.465. The molecule has 0 aliphatic carbocycles. The van der Waals surface area contributed by atoms with Crippen LogP contribution in [0.1, 0.15) is 6.42 Å². The van der Waals surface area contributed by atoms with E-state index >= 15 is 0 Å². The molecule has 1 aromatic rings. The van der Waals surface area contributed by atoms with E-state index in [4.69, 9.17) is 4.74 Å². The predicted octanol–water partition coefficient (Wildman–Crippen LogP) is -1.85. The molecule has 6 heteroatoms. The summed E-state index contributed by atoms with van der Waals surface area (Å²) in [5, 5.41) is 0. The maximum atomic E-state index is 10.8. The van der Waals surface area contributed by atoms with Crippen molar-refractivity contribution in [3.8, 4) is 0 Å². The zero-order valence-electron chi connectivity index (χ0n) is 10.1. The van der Waals surface area contributed by atoms with Crippen molar-refractivity contribution in [1.29, 1.82) is 0 Å². The molecule has 17 heavy (non-hydrogen) atoms. The molecule has 1 aliphatic heterocycles. The summed E-state index contributed by atoms with van der Waals surface area (Å²) in [6, 6.07) is 6.98. The summed E-state index contributed by atoms with van der Waals surface area (Å²) in [4.78, 5) is 2.48. The Balaban J connectivity index is 0.00000144. The molecule has 2 atom stereocenters. The molecular weight excluding hydrogens is 233 g/mol. The van der Waals surface area contributed by atoms with Gasteiger partial charge in [0.25, 0.3) is 0 Å². The van der Waals surface area contributed by atoms with Gasteiger partial charge in [0.15, 0.2) is 0 Å². The maximum Gasteiger partial charge on any atom is 1.00 e. The van der Waals surface area contributed by atoms with E-state index in [2.05, 4.69) is 4.90 Å². The van der Waals surface area contributed by atoms with Crippen molar-refractivity contribution < 1.29 is 32.4 Å². The van der Waals surface area contributed by atoms with E-state index in [0.29, 0.717) is 4.90 Å². The summed E-state index contributed by atoms with van der Waals surface area (Å²) >= 11 is -2.16. The van der Waals surface area contributed by atoms with Crippen molar-refractivity contribution in [2.24, 2.45) is 0 Å². The normalized spacial score (nSPS) is 21.1. The Morgan fingerprint density at radius 1 is 1.53 bits per heavy atom. The molecule has 0 spiro atoms. The SMILES string of the molecule is COC1CCN(c2cccc(S(=O)[O-])c2)C1.[Li+]. The molecule has 2 rings (SSSR count). The second-order valence-electron chi connectivity index (χ2n) is 3.82. The summed E-state index contributed by atoms with van der Waals surface area (Å²) in [7, 11) is 1.71. The van der Waals surface area contributed by atoms with E-state index in [0.717, 1.165) is 25.2 Å². The number of hydrogen-bond donors (Lipinski definition) is 0. The van der Waals surface area contributed by atoms with E-state index < -0.39 is 11.1 Å². The molecule has 0 bridgehead atoms. The maximum absolute atomic E-state index is 10.8. The summed E-state index contributed by atoms with van der Waals surface area (Å²) in [6.07, 6.45) is 1.24. The topological polar surface area (TPSA) is 52.6 Å². The van der Waals surface area contributed by atoms with Crippen LogP contribution >= 0.6 is 0 Å². The monoisotopic (exact) mass is 247 g/mol. The van der Waals surface area contributed by atoms with Gasteiger partial charge in [-0.05, 0) is 35.7 Å². The first-order chi connectivity index (χ1) is 7.70. The molecule has 2 unspecified atom stereocenters. The molecule has 4 nitrogen and oxygen atoms in total. The number of anilines is 1. The first-order valence-corrected chi connectivity index (χ1v) is 6.25. The summed E-state index contributed by atoms with van der Waals surface area (Å²) in [5.41, 5.74) is 0.946. The Morgan fingerprint density at radius 3 is 2.88 bits per heavy atom. The number of ether oxygens (including phenoxy) is 1. The number of methoxy groups -OCH3 is 1. The second kappa shape index (κ2) is 6.57. The summed E-state index contributed by atoms with van der Waals surface area (Å²) < 4.78 is 27.0. The molecule has 1 saturated heterocycles. The van der Waals surface area contributed by atoms with Crippen LogP contribution in [0.2, 0.25) is 0 Å². The van der Waals surface area contributed by atoms with Gasteiger partial charge in [0.05, 0.1) is 6.10 Å². The molecule has 0 N–H and O–H groups in total. The van der Waals surface area contributed by atoms with Crippen molar-refractivity contribution in [3.63, 3.8) is 0 Å². The Morgan fingerprint density at radius 2 is 2.29 bits per heavy atom. The molecule has 1 fully saturated rings. The first-order valence-electron chi connectivity index (χ1n) is 5.18. The number of rotatable bonds is 3. The second-order valence-corrected chi connectivity index (χ2v) is 4.77. The van der Waals surface area contributed by atoms with E-state index in [1.54, 1.807) is 25.3 Å². The average molecular weight is 247 g/mol. The largest absolute Gasteiger partial charge is 1.00 e. The third-order valence-corrected chi connectivity index (χ3v) is 3.49. The van der Waals surface area contributed by atoms with E-state index in [1.165, 1.54) is 0 Å². The van der Waals surface area contributed by atoms with Gasteiger partial charge in [-0.3, -0.25) is 4.21 Å². The molecule has 0 aromatic heterocycles. The van der Waals surface area contributed by atoms with Crippen molar-refractivity contribution >= 4 is 16.8 Å². The Hall–Kier alpha value is -0.313. The zero-order chi connectivity index (χ0) is 11.5. The number of benzene rings is 1. The third-order valence-electron chi connectivity index (χ3n) is 2.85. The van der Waals surface area contributed by atoms with Crippen molar-refractivity contribution in [2.45, 2.75) is 17.4 Å². The molecule has 88 valence electrons. The minimum absolute atomic E-state index is 0. The van der Waals surface area contributed by atoms with Crippen molar-refractivity contribution in [3.05, 3.63) is 24.3 Å². The van der Waals surface area contributed by atoms with Crippen LogP contribution in [0.25, 0.3) is 0 Å². The van der Waals surface area contributed by atoms with Crippen LogP contribution in [0.5, 0.6) is 0 Å². The van der Waals surface area contributed by atoms with Gasteiger partial charge in [-0.25, -0.2) is 0 Å². The smallest absolute Gasteiger partial charge is 0.768 e. The first kappa shape index (κ1) is 14.7. The van der Waals surface area contributed by atoms with Crippen LogP contribution in [0.3, 0.4) is 0 Å². The van der Waals surface area contributed by atoms with Gasteiger partial charge >= 0.3 is 18.9 Å². The molecule has 1 heterocycles. The van der Waals surface area contributed by atoms with Gasteiger partial charge in [-0.1, -0.05) is 6.07 Å². The molecule has 0 saturated carbocycles. The fraction of sp³-hybridized carbons (Fsp3) is 0.455. The van der Waals surface area contributed by atoms with Crippen LogP contribution in [-0.4, -0.2) is 35.1 Å². The van der Waals surface area contributed by atoms with Gasteiger partial charge in [0.2, 0.25) is 0 Å². The van der Waals surface area contributed by atoms with Crippen molar-refractivity contribution in [2.75, 3.05) is 25.1 Å². The molecule has 0 radical (unpaired) electrons. The fourth-order valence-electron chi connectivity index (χ4n) is 1.94. The molecule has 1 aromatic carbocycles. The Kier molecular flexibility index (Phi) is 5.70. The Bertz CT molecular complexity index is 402. The van der Waals surface area contributed by atoms with Gasteiger partial charge < -0.3 is 14.2 Å². The standard InChI is InChI=1S/C11H15NO3S.Li/c1-15-10-5-6-12(8-10)9-3-2-4-11(7-9)16(13)14;/h2-4,7,10H,5-6,8H2,1H3,(H,13,14);/q;+1/p-1. The average Bonchev–Trinajstić information content (AvgIpc) is 2.77. The zero-order valence-corrected chi connectivity index (χ0v) is 10.9. The van der Waals surface area contributed by atoms with Crippen LogP contribution in [0.4, 0.5) is 5.69 Å². The third kappa shape index (κ3) is 3.57. The summed E-state index contributed by atoms with van der Waals surface area (Å²) in [6.45, 7) is 1.74. The predicted molar refractivity (Wildman–Crippen MR) is 61.3 cm³/mol. The van der Waals surface area contributed by atoms with Crippen LogP contribution in [0.15, 0.2) is 29.2 Å². The molecular formula is C11H14LiNO3S. The molecule has 1 aliphatic rings. The minimum atomic E-state index is -2.16.